The fourth-order valence-electron chi connectivity index (χ4n) is 3.07. The first-order valence-corrected chi connectivity index (χ1v) is 8.33. The Morgan fingerprint density at radius 3 is 2.44 bits per heavy atom. The van der Waals surface area contributed by atoms with Crippen molar-refractivity contribution in [2.45, 2.75) is 31.8 Å². The first-order valence-electron chi connectivity index (χ1n) is 8.33. The van der Waals surface area contributed by atoms with E-state index in [2.05, 4.69) is 5.32 Å². The van der Waals surface area contributed by atoms with Crippen LogP contribution in [0, 0.1) is 11.6 Å². The van der Waals surface area contributed by atoms with Crippen molar-refractivity contribution in [2.24, 2.45) is 0 Å². The highest BCUT2D eigenvalue weighted by Gasteiger charge is 2.22. The van der Waals surface area contributed by atoms with Gasteiger partial charge in [0.25, 0.3) is 0 Å². The summed E-state index contributed by atoms with van der Waals surface area (Å²) in [6, 6.07) is 13.1. The van der Waals surface area contributed by atoms with Gasteiger partial charge in [-0.05, 0) is 56.8 Å². The van der Waals surface area contributed by atoms with Crippen molar-refractivity contribution in [3.8, 4) is 0 Å². The lowest BCUT2D eigenvalue weighted by Gasteiger charge is -2.31. The van der Waals surface area contributed by atoms with Crippen LogP contribution in [-0.4, -0.2) is 30.9 Å². The summed E-state index contributed by atoms with van der Waals surface area (Å²) in [6.45, 7) is 1.94. The van der Waals surface area contributed by atoms with Crippen LogP contribution in [0.15, 0.2) is 48.5 Å². The van der Waals surface area contributed by atoms with E-state index in [1.165, 1.54) is 0 Å². The third-order valence-electron chi connectivity index (χ3n) is 4.19. The molecule has 134 valence electrons. The van der Waals surface area contributed by atoms with Crippen LogP contribution >= 0.6 is 0 Å². The molecule has 0 unspecified atom stereocenters. The second-order valence-corrected chi connectivity index (χ2v) is 6.41. The van der Waals surface area contributed by atoms with Gasteiger partial charge < -0.3 is 10.2 Å². The van der Waals surface area contributed by atoms with E-state index in [9.17, 15) is 13.6 Å². The van der Waals surface area contributed by atoms with Crippen molar-refractivity contribution in [2.75, 3.05) is 14.1 Å². The molecule has 3 nitrogen and oxygen atoms in total. The summed E-state index contributed by atoms with van der Waals surface area (Å²) in [5, 5.41) is 2.97. The molecule has 25 heavy (non-hydrogen) atoms. The molecule has 0 aliphatic rings. The quantitative estimate of drug-likeness (QED) is 0.829. The number of nitrogens with one attached hydrogen (secondary N) is 1. The minimum absolute atomic E-state index is 0.0241. The molecule has 0 radical (unpaired) electrons. The van der Waals surface area contributed by atoms with E-state index in [1.54, 1.807) is 0 Å². The molecule has 2 rings (SSSR count). The number of likely N-dealkylation sites (N-methyl/N-ethyl adjacent to an activating group) is 1. The molecular formula is C20H24F2N2O. The SMILES string of the molecule is C[C@@H](NC(=O)CCc1cc(F)ccc1F)[C@H](c1ccccc1)N(C)C. The summed E-state index contributed by atoms with van der Waals surface area (Å²) in [6.07, 6.45) is 0.278. The molecule has 0 aliphatic carbocycles. The topological polar surface area (TPSA) is 32.3 Å². The molecular weight excluding hydrogens is 322 g/mol. The summed E-state index contributed by atoms with van der Waals surface area (Å²) in [5.41, 5.74) is 1.33. The fraction of sp³-hybridized carbons (Fsp3) is 0.350. The molecule has 2 atom stereocenters. The predicted molar refractivity (Wildman–Crippen MR) is 95.2 cm³/mol. The normalized spacial score (nSPS) is 13.5. The third-order valence-corrected chi connectivity index (χ3v) is 4.19. The van der Waals surface area contributed by atoms with E-state index in [-0.39, 0.29) is 36.4 Å². The van der Waals surface area contributed by atoms with E-state index >= 15 is 0 Å². The van der Waals surface area contributed by atoms with Crippen molar-refractivity contribution in [1.29, 1.82) is 0 Å². The molecule has 0 spiro atoms. The summed E-state index contributed by atoms with van der Waals surface area (Å²) in [7, 11) is 3.92. The third kappa shape index (κ3) is 5.36. The number of rotatable bonds is 7. The van der Waals surface area contributed by atoms with Crippen molar-refractivity contribution >= 4 is 5.91 Å². The van der Waals surface area contributed by atoms with Gasteiger partial charge in [0.15, 0.2) is 0 Å². The second-order valence-electron chi connectivity index (χ2n) is 6.41. The van der Waals surface area contributed by atoms with Gasteiger partial charge in [-0.15, -0.1) is 0 Å². The fourth-order valence-corrected chi connectivity index (χ4v) is 3.07. The Kier molecular flexibility index (Phi) is 6.65. The molecule has 0 aromatic heterocycles. The molecule has 5 heteroatoms. The van der Waals surface area contributed by atoms with E-state index in [0.717, 1.165) is 23.8 Å². The zero-order valence-corrected chi connectivity index (χ0v) is 14.8. The second kappa shape index (κ2) is 8.72. The van der Waals surface area contributed by atoms with Crippen LogP contribution in [0.25, 0.3) is 0 Å². The Bertz CT molecular complexity index is 704. The molecule has 0 heterocycles. The van der Waals surface area contributed by atoms with Crippen LogP contribution < -0.4 is 5.32 Å². The van der Waals surface area contributed by atoms with E-state index in [4.69, 9.17) is 0 Å². The average Bonchev–Trinajstić information content (AvgIpc) is 2.56. The molecule has 2 aromatic carbocycles. The number of hydrogen-bond acceptors (Lipinski definition) is 2. The number of halogens is 2. The molecule has 0 saturated carbocycles. The van der Waals surface area contributed by atoms with Crippen LogP contribution in [0.3, 0.4) is 0 Å². The van der Waals surface area contributed by atoms with Crippen molar-refractivity contribution in [3.63, 3.8) is 0 Å². The van der Waals surface area contributed by atoms with Gasteiger partial charge in [0.05, 0.1) is 6.04 Å². The number of benzene rings is 2. The lowest BCUT2D eigenvalue weighted by Crippen LogP contribution is -2.42. The van der Waals surface area contributed by atoms with Crippen LogP contribution in [0.5, 0.6) is 0 Å². The smallest absolute Gasteiger partial charge is 0.220 e. The van der Waals surface area contributed by atoms with Gasteiger partial charge in [0, 0.05) is 12.5 Å². The molecule has 2 aromatic rings. The molecule has 0 aliphatic heterocycles. The zero-order chi connectivity index (χ0) is 18.4. The first kappa shape index (κ1) is 19.1. The van der Waals surface area contributed by atoms with E-state index < -0.39 is 11.6 Å². The molecule has 0 fully saturated rings. The van der Waals surface area contributed by atoms with Gasteiger partial charge in [-0.3, -0.25) is 4.79 Å². The van der Waals surface area contributed by atoms with Crippen molar-refractivity contribution in [3.05, 3.63) is 71.3 Å². The van der Waals surface area contributed by atoms with Crippen molar-refractivity contribution in [1.82, 2.24) is 10.2 Å². The van der Waals surface area contributed by atoms with Crippen LogP contribution in [0.1, 0.15) is 30.5 Å². The van der Waals surface area contributed by atoms with Crippen LogP contribution in [0.2, 0.25) is 0 Å². The summed E-state index contributed by atoms with van der Waals surface area (Å²) in [5.74, 6) is -1.17. The zero-order valence-electron chi connectivity index (χ0n) is 14.8. The number of hydrogen-bond donors (Lipinski definition) is 1. The Morgan fingerprint density at radius 2 is 1.80 bits per heavy atom. The lowest BCUT2D eigenvalue weighted by atomic mass is 9.99. The average molecular weight is 346 g/mol. The number of nitrogens with zero attached hydrogens (tertiary/aromatic N) is 1. The summed E-state index contributed by atoms with van der Waals surface area (Å²) < 4.78 is 26.8. The van der Waals surface area contributed by atoms with Gasteiger partial charge in [-0.1, -0.05) is 30.3 Å². The van der Waals surface area contributed by atoms with Gasteiger partial charge in [-0.25, -0.2) is 8.78 Å². The predicted octanol–water partition coefficient (Wildman–Crippen LogP) is 3.71. The maximum Gasteiger partial charge on any atom is 0.220 e. The monoisotopic (exact) mass is 346 g/mol. The minimum Gasteiger partial charge on any atom is -0.352 e. The number of carbonyl (C=O) groups excluding carboxylic acids is 1. The number of aryl methyl sites for hydroxylation is 1. The van der Waals surface area contributed by atoms with E-state index in [0.29, 0.717) is 0 Å². The van der Waals surface area contributed by atoms with Gasteiger partial charge in [0.1, 0.15) is 11.6 Å². The largest absolute Gasteiger partial charge is 0.352 e. The first-order chi connectivity index (χ1) is 11.9. The number of carbonyl (C=O) groups is 1. The van der Waals surface area contributed by atoms with Gasteiger partial charge in [0.2, 0.25) is 5.91 Å². The Labute approximate surface area is 147 Å². The molecule has 0 saturated heterocycles. The Hall–Kier alpha value is -2.27. The van der Waals surface area contributed by atoms with Gasteiger partial charge in [-0.2, -0.15) is 0 Å². The summed E-state index contributed by atoms with van der Waals surface area (Å²) >= 11 is 0. The Morgan fingerprint density at radius 1 is 1.12 bits per heavy atom. The highest BCUT2D eigenvalue weighted by atomic mass is 19.1. The number of amides is 1. The lowest BCUT2D eigenvalue weighted by molar-refractivity contribution is -0.122. The van der Waals surface area contributed by atoms with Crippen LogP contribution in [-0.2, 0) is 11.2 Å². The molecule has 1 N–H and O–H groups in total. The highest BCUT2D eigenvalue weighted by Crippen LogP contribution is 2.22. The molecule has 1 amide bonds. The summed E-state index contributed by atoms with van der Waals surface area (Å²) in [4.78, 5) is 14.3. The molecule has 0 bridgehead atoms. The van der Waals surface area contributed by atoms with Crippen molar-refractivity contribution < 1.29 is 13.6 Å². The maximum absolute atomic E-state index is 13.6. The highest BCUT2D eigenvalue weighted by molar-refractivity contribution is 5.76. The van der Waals surface area contributed by atoms with Gasteiger partial charge >= 0.3 is 0 Å². The standard InChI is InChI=1S/C20H24F2N2O/c1-14(20(24(2)3)15-7-5-4-6-8-15)23-19(25)12-9-16-13-17(21)10-11-18(16)22/h4-8,10-11,13-14,20H,9,12H2,1-3H3,(H,23,25)/t14-,20-/m1/s1. The van der Waals surface area contributed by atoms with E-state index in [1.807, 2.05) is 56.3 Å². The van der Waals surface area contributed by atoms with Crippen LogP contribution in [0.4, 0.5) is 8.78 Å². The Balaban J connectivity index is 1.97. The maximum atomic E-state index is 13.6. The minimum atomic E-state index is -0.498.